The summed E-state index contributed by atoms with van der Waals surface area (Å²) in [7, 11) is 0. The predicted octanol–water partition coefficient (Wildman–Crippen LogP) is 1.91. The van der Waals surface area contributed by atoms with E-state index >= 15 is 0 Å². The molecule has 0 fully saturated rings. The van der Waals surface area contributed by atoms with Crippen LogP contribution in [0.1, 0.15) is 26.2 Å². The predicted molar refractivity (Wildman–Crippen MR) is 73.6 cm³/mol. The van der Waals surface area contributed by atoms with Gasteiger partial charge < -0.3 is 10.4 Å². The molecule has 1 amide bonds. The fraction of sp³-hybridized carbons (Fsp3) is 0.692. The van der Waals surface area contributed by atoms with E-state index in [2.05, 4.69) is 5.32 Å². The van der Waals surface area contributed by atoms with Gasteiger partial charge in [0.25, 0.3) is 0 Å². The second-order valence-electron chi connectivity index (χ2n) is 4.69. The molecular formula is C13H21NO3S. The highest BCUT2D eigenvalue weighted by atomic mass is 32.2. The molecule has 1 aliphatic rings. The lowest BCUT2D eigenvalue weighted by Gasteiger charge is -2.26. The molecule has 4 nitrogen and oxygen atoms in total. The van der Waals surface area contributed by atoms with Crippen LogP contribution in [0.5, 0.6) is 0 Å². The first-order valence-electron chi connectivity index (χ1n) is 6.23. The minimum atomic E-state index is -0.878. The first kappa shape index (κ1) is 15.1. The van der Waals surface area contributed by atoms with E-state index in [0.717, 1.165) is 12.2 Å². The van der Waals surface area contributed by atoms with Gasteiger partial charge in [0.1, 0.15) is 0 Å². The van der Waals surface area contributed by atoms with Crippen molar-refractivity contribution >= 4 is 23.6 Å². The molecule has 0 heterocycles. The largest absolute Gasteiger partial charge is 0.481 e. The Balaban J connectivity index is 2.53. The number of nitrogens with one attached hydrogen (secondary N) is 1. The number of hydrogen-bond acceptors (Lipinski definition) is 3. The minimum Gasteiger partial charge on any atom is -0.481 e. The van der Waals surface area contributed by atoms with E-state index in [9.17, 15) is 9.59 Å². The molecule has 3 atom stereocenters. The number of carboxylic acids is 1. The number of allylic oxidation sites excluding steroid dienone is 2. The Labute approximate surface area is 112 Å². The van der Waals surface area contributed by atoms with Gasteiger partial charge in [-0.3, -0.25) is 9.59 Å². The van der Waals surface area contributed by atoms with E-state index in [0.29, 0.717) is 12.8 Å². The number of rotatable bonds is 6. The maximum atomic E-state index is 12.1. The standard InChI is InChI=1S/C13H21NO3S/c1-9(7-8-18-2)14-12(15)10-5-3-4-6-11(10)13(16)17/h3-4,9-11H,5-8H2,1-2H3,(H,14,15)(H,16,17)/t9?,10-,11+/m1/s1. The molecule has 0 aromatic heterocycles. The number of carbonyl (C=O) groups excluding carboxylic acids is 1. The van der Waals surface area contributed by atoms with Crippen LogP contribution in [0.15, 0.2) is 12.2 Å². The van der Waals surface area contributed by atoms with Gasteiger partial charge in [0, 0.05) is 6.04 Å². The molecule has 0 aromatic rings. The van der Waals surface area contributed by atoms with Crippen LogP contribution < -0.4 is 5.32 Å². The Morgan fingerprint density at radius 1 is 1.39 bits per heavy atom. The van der Waals surface area contributed by atoms with Crippen molar-refractivity contribution in [3.8, 4) is 0 Å². The number of amides is 1. The lowest BCUT2D eigenvalue weighted by atomic mass is 9.82. The van der Waals surface area contributed by atoms with Gasteiger partial charge in [-0.05, 0) is 38.2 Å². The summed E-state index contributed by atoms with van der Waals surface area (Å²) in [6.07, 6.45) is 7.66. The Morgan fingerprint density at radius 2 is 2.00 bits per heavy atom. The maximum Gasteiger partial charge on any atom is 0.307 e. The van der Waals surface area contributed by atoms with E-state index in [1.54, 1.807) is 11.8 Å². The van der Waals surface area contributed by atoms with Crippen molar-refractivity contribution in [3.05, 3.63) is 12.2 Å². The lowest BCUT2D eigenvalue weighted by Crippen LogP contribution is -2.42. The van der Waals surface area contributed by atoms with E-state index < -0.39 is 17.8 Å². The first-order chi connectivity index (χ1) is 8.56. The lowest BCUT2D eigenvalue weighted by molar-refractivity contribution is -0.147. The summed E-state index contributed by atoms with van der Waals surface area (Å²) in [6, 6.07) is 0.102. The van der Waals surface area contributed by atoms with Crippen molar-refractivity contribution in [1.82, 2.24) is 5.32 Å². The summed E-state index contributed by atoms with van der Waals surface area (Å²) in [4.78, 5) is 23.2. The maximum absolute atomic E-state index is 12.1. The molecule has 102 valence electrons. The van der Waals surface area contributed by atoms with E-state index in [1.165, 1.54) is 0 Å². The summed E-state index contributed by atoms with van der Waals surface area (Å²) in [6.45, 7) is 1.96. The van der Waals surface area contributed by atoms with E-state index in [-0.39, 0.29) is 11.9 Å². The van der Waals surface area contributed by atoms with Gasteiger partial charge in [-0.15, -0.1) is 0 Å². The number of aliphatic carboxylic acids is 1. The van der Waals surface area contributed by atoms with Crippen LogP contribution in [0.2, 0.25) is 0 Å². The highest BCUT2D eigenvalue weighted by Crippen LogP contribution is 2.26. The molecule has 18 heavy (non-hydrogen) atoms. The molecule has 5 heteroatoms. The average Bonchev–Trinajstić information content (AvgIpc) is 2.36. The van der Waals surface area contributed by atoms with Gasteiger partial charge in [-0.2, -0.15) is 11.8 Å². The SMILES string of the molecule is CSCCC(C)NC(=O)[C@@H]1CC=CC[C@@H]1C(=O)O. The molecule has 0 spiro atoms. The van der Waals surface area contributed by atoms with Crippen LogP contribution >= 0.6 is 11.8 Å². The third-order valence-corrected chi connectivity index (χ3v) is 3.87. The van der Waals surface area contributed by atoms with Gasteiger partial charge in [-0.1, -0.05) is 12.2 Å². The van der Waals surface area contributed by atoms with Crippen LogP contribution in [0.3, 0.4) is 0 Å². The van der Waals surface area contributed by atoms with Crippen LogP contribution in [-0.4, -0.2) is 35.0 Å². The molecule has 0 aliphatic heterocycles. The van der Waals surface area contributed by atoms with Crippen LogP contribution in [0.4, 0.5) is 0 Å². The van der Waals surface area contributed by atoms with Crippen molar-refractivity contribution in [2.75, 3.05) is 12.0 Å². The van der Waals surface area contributed by atoms with Crippen molar-refractivity contribution in [2.45, 2.75) is 32.2 Å². The zero-order chi connectivity index (χ0) is 13.5. The number of carbonyl (C=O) groups is 2. The highest BCUT2D eigenvalue weighted by molar-refractivity contribution is 7.98. The van der Waals surface area contributed by atoms with Crippen molar-refractivity contribution < 1.29 is 14.7 Å². The fourth-order valence-corrected chi connectivity index (χ4v) is 2.68. The van der Waals surface area contributed by atoms with Gasteiger partial charge in [0.2, 0.25) is 5.91 Å². The monoisotopic (exact) mass is 271 g/mol. The summed E-state index contributed by atoms with van der Waals surface area (Å²) < 4.78 is 0. The smallest absolute Gasteiger partial charge is 0.307 e. The van der Waals surface area contributed by atoms with Gasteiger partial charge in [-0.25, -0.2) is 0 Å². The zero-order valence-corrected chi connectivity index (χ0v) is 11.7. The third-order valence-electron chi connectivity index (χ3n) is 3.23. The fourth-order valence-electron chi connectivity index (χ4n) is 2.09. The molecule has 0 saturated carbocycles. The van der Waals surface area contributed by atoms with Crippen LogP contribution in [0.25, 0.3) is 0 Å². The molecule has 0 aromatic carbocycles. The summed E-state index contributed by atoms with van der Waals surface area (Å²) in [5.74, 6) is -1.02. The Kier molecular flexibility index (Phi) is 6.25. The molecule has 0 bridgehead atoms. The zero-order valence-electron chi connectivity index (χ0n) is 10.9. The number of carboxylic acid groups (broad SMARTS) is 1. The summed E-state index contributed by atoms with van der Waals surface area (Å²) in [5.41, 5.74) is 0. The van der Waals surface area contributed by atoms with Gasteiger partial charge in [0.05, 0.1) is 11.8 Å². The number of thioether (sulfide) groups is 1. The second-order valence-corrected chi connectivity index (χ2v) is 5.67. The molecule has 1 aliphatic carbocycles. The van der Waals surface area contributed by atoms with Gasteiger partial charge >= 0.3 is 5.97 Å². The van der Waals surface area contributed by atoms with Crippen molar-refractivity contribution in [1.29, 1.82) is 0 Å². The van der Waals surface area contributed by atoms with Crippen molar-refractivity contribution in [2.24, 2.45) is 11.8 Å². The quantitative estimate of drug-likeness (QED) is 0.724. The Hall–Kier alpha value is -0.970. The third kappa shape index (κ3) is 4.37. The molecule has 0 saturated heterocycles. The molecule has 1 rings (SSSR count). The molecule has 1 unspecified atom stereocenters. The summed E-state index contributed by atoms with van der Waals surface area (Å²) in [5, 5.41) is 12.0. The summed E-state index contributed by atoms with van der Waals surface area (Å²) >= 11 is 1.74. The van der Waals surface area contributed by atoms with Crippen molar-refractivity contribution in [3.63, 3.8) is 0 Å². The first-order valence-corrected chi connectivity index (χ1v) is 7.62. The van der Waals surface area contributed by atoms with E-state index in [1.807, 2.05) is 25.3 Å². The van der Waals surface area contributed by atoms with Crippen LogP contribution in [-0.2, 0) is 9.59 Å². The van der Waals surface area contributed by atoms with E-state index in [4.69, 9.17) is 5.11 Å². The average molecular weight is 271 g/mol. The molecule has 0 radical (unpaired) electrons. The normalized spacial score (nSPS) is 24.6. The highest BCUT2D eigenvalue weighted by Gasteiger charge is 2.34. The topological polar surface area (TPSA) is 66.4 Å². The van der Waals surface area contributed by atoms with Crippen LogP contribution in [0, 0.1) is 11.8 Å². The van der Waals surface area contributed by atoms with Gasteiger partial charge in [0.15, 0.2) is 0 Å². The Bertz CT molecular complexity index is 330. The minimum absolute atomic E-state index is 0.102. The second kappa shape index (κ2) is 7.46. The molecule has 2 N–H and O–H groups in total. The molecular weight excluding hydrogens is 250 g/mol. The Morgan fingerprint density at radius 3 is 2.56 bits per heavy atom. The number of hydrogen-bond donors (Lipinski definition) is 2.